The first kappa shape index (κ1) is 21.5. The summed E-state index contributed by atoms with van der Waals surface area (Å²) in [6, 6.07) is 4.08. The Labute approximate surface area is 163 Å². The topological polar surface area (TPSA) is 106 Å². The smallest absolute Gasteiger partial charge is 0.336 e. The Hall–Kier alpha value is -2.83. The largest absolute Gasteiger partial charge is 0.483 e. The highest BCUT2D eigenvalue weighted by Crippen LogP contribution is 2.28. The van der Waals surface area contributed by atoms with Crippen LogP contribution in [0.25, 0.3) is 11.0 Å². The Morgan fingerprint density at radius 2 is 2.00 bits per heavy atom. The molecule has 1 aromatic carbocycles. The Balaban J connectivity index is 2.16. The van der Waals surface area contributed by atoms with Gasteiger partial charge in [0, 0.05) is 17.0 Å². The molecule has 1 unspecified atom stereocenters. The number of ether oxygens (including phenoxy) is 1. The lowest BCUT2D eigenvalue weighted by molar-refractivity contribution is -0.142. The van der Waals surface area contributed by atoms with Crippen molar-refractivity contribution in [1.82, 2.24) is 5.32 Å². The highest BCUT2D eigenvalue weighted by atomic mass is 16.5. The first-order valence-electron chi connectivity index (χ1n) is 9.44. The number of amides is 1. The van der Waals surface area contributed by atoms with Crippen molar-refractivity contribution in [3.05, 3.63) is 39.7 Å². The molecule has 2 N–H and O–H groups in total. The summed E-state index contributed by atoms with van der Waals surface area (Å²) >= 11 is 0. The van der Waals surface area contributed by atoms with Crippen LogP contribution in [0.15, 0.2) is 27.4 Å². The van der Waals surface area contributed by atoms with Crippen molar-refractivity contribution in [3.8, 4) is 5.75 Å². The molecule has 1 amide bonds. The molecule has 0 aliphatic carbocycles. The Morgan fingerprint density at radius 3 is 2.61 bits per heavy atom. The van der Waals surface area contributed by atoms with Crippen LogP contribution in [0.2, 0.25) is 0 Å². The average Bonchev–Trinajstić information content (AvgIpc) is 2.61. The van der Waals surface area contributed by atoms with Gasteiger partial charge in [-0.05, 0) is 43.4 Å². The Bertz CT molecular complexity index is 915. The van der Waals surface area contributed by atoms with Crippen molar-refractivity contribution in [2.45, 2.75) is 53.0 Å². The van der Waals surface area contributed by atoms with Crippen LogP contribution >= 0.6 is 0 Å². The molecule has 0 saturated heterocycles. The molecule has 1 aromatic heterocycles. The number of rotatable bonds is 9. The maximum atomic E-state index is 12.1. The molecule has 0 aliphatic heterocycles. The van der Waals surface area contributed by atoms with E-state index in [1.54, 1.807) is 13.0 Å². The lowest BCUT2D eigenvalue weighted by atomic mass is 10.0. The van der Waals surface area contributed by atoms with E-state index in [1.807, 2.05) is 26.8 Å². The van der Waals surface area contributed by atoms with Gasteiger partial charge < -0.3 is 19.6 Å². The van der Waals surface area contributed by atoms with Gasteiger partial charge in [0.2, 0.25) is 0 Å². The van der Waals surface area contributed by atoms with Crippen molar-refractivity contribution in [2.75, 3.05) is 6.61 Å². The van der Waals surface area contributed by atoms with Crippen LogP contribution < -0.4 is 15.7 Å². The van der Waals surface area contributed by atoms with Gasteiger partial charge in [-0.1, -0.05) is 27.2 Å². The van der Waals surface area contributed by atoms with E-state index < -0.39 is 23.5 Å². The van der Waals surface area contributed by atoms with Crippen LogP contribution in [0.4, 0.5) is 0 Å². The summed E-state index contributed by atoms with van der Waals surface area (Å²) in [7, 11) is 0. The molecule has 152 valence electrons. The van der Waals surface area contributed by atoms with Gasteiger partial charge in [0.1, 0.15) is 17.4 Å². The van der Waals surface area contributed by atoms with Crippen LogP contribution in [-0.4, -0.2) is 29.6 Å². The molecule has 7 nitrogen and oxygen atoms in total. The third kappa shape index (κ3) is 5.34. The molecule has 1 heterocycles. The second-order valence-electron chi connectivity index (χ2n) is 7.28. The number of aryl methyl sites for hydroxylation is 2. The van der Waals surface area contributed by atoms with E-state index in [0.29, 0.717) is 23.3 Å². The van der Waals surface area contributed by atoms with Crippen LogP contribution in [0.3, 0.4) is 0 Å². The number of aliphatic carboxylic acids is 1. The number of carbonyl (C=O) groups is 2. The molecule has 0 spiro atoms. The molecule has 0 radical (unpaired) electrons. The predicted molar refractivity (Wildman–Crippen MR) is 106 cm³/mol. The maximum absolute atomic E-state index is 12.1. The average molecular weight is 389 g/mol. The van der Waals surface area contributed by atoms with Crippen molar-refractivity contribution in [3.63, 3.8) is 0 Å². The van der Waals surface area contributed by atoms with Gasteiger partial charge in [0.15, 0.2) is 6.61 Å². The molecule has 28 heavy (non-hydrogen) atoms. The summed E-state index contributed by atoms with van der Waals surface area (Å²) in [6.07, 6.45) is 2.00. The highest BCUT2D eigenvalue weighted by Gasteiger charge is 2.21. The number of carboxylic acids is 1. The minimum Gasteiger partial charge on any atom is -0.483 e. The zero-order chi connectivity index (χ0) is 20.8. The summed E-state index contributed by atoms with van der Waals surface area (Å²) in [4.78, 5) is 35.2. The molecule has 0 aliphatic rings. The minimum absolute atomic E-state index is 0.130. The number of hydrogen-bond donors (Lipinski definition) is 2. The first-order valence-corrected chi connectivity index (χ1v) is 9.44. The van der Waals surface area contributed by atoms with E-state index in [-0.39, 0.29) is 12.5 Å². The zero-order valence-corrected chi connectivity index (χ0v) is 16.7. The predicted octanol–water partition coefficient (Wildman–Crippen LogP) is 3.05. The van der Waals surface area contributed by atoms with Crippen LogP contribution in [0.5, 0.6) is 5.75 Å². The van der Waals surface area contributed by atoms with Crippen LogP contribution in [0.1, 0.15) is 44.7 Å². The van der Waals surface area contributed by atoms with Gasteiger partial charge >= 0.3 is 11.6 Å². The van der Waals surface area contributed by atoms with Crippen molar-refractivity contribution in [1.29, 1.82) is 0 Å². The molecule has 0 saturated carbocycles. The van der Waals surface area contributed by atoms with Gasteiger partial charge in [-0.15, -0.1) is 0 Å². The lowest BCUT2D eigenvalue weighted by Gasteiger charge is -2.17. The molecule has 2 aromatic rings. The van der Waals surface area contributed by atoms with E-state index in [9.17, 15) is 19.5 Å². The normalized spacial score (nSPS) is 12.2. The number of hydrogen-bond acceptors (Lipinski definition) is 5. The van der Waals surface area contributed by atoms with Crippen molar-refractivity contribution < 1.29 is 23.8 Å². The lowest BCUT2D eigenvalue weighted by Crippen LogP contribution is -2.43. The molecule has 1 atom stereocenters. The van der Waals surface area contributed by atoms with Gasteiger partial charge in [-0.2, -0.15) is 0 Å². The molecule has 0 fully saturated rings. The third-order valence-corrected chi connectivity index (χ3v) is 4.42. The van der Waals surface area contributed by atoms with E-state index in [1.165, 1.54) is 6.07 Å². The van der Waals surface area contributed by atoms with E-state index in [2.05, 4.69) is 5.32 Å². The summed E-state index contributed by atoms with van der Waals surface area (Å²) in [5.41, 5.74) is 1.56. The fourth-order valence-electron chi connectivity index (χ4n) is 3.11. The number of benzene rings is 1. The Morgan fingerprint density at radius 1 is 1.29 bits per heavy atom. The maximum Gasteiger partial charge on any atom is 0.336 e. The van der Waals surface area contributed by atoms with E-state index >= 15 is 0 Å². The highest BCUT2D eigenvalue weighted by molar-refractivity contribution is 5.86. The summed E-state index contributed by atoms with van der Waals surface area (Å²) < 4.78 is 10.9. The second-order valence-corrected chi connectivity index (χ2v) is 7.28. The van der Waals surface area contributed by atoms with Crippen LogP contribution in [-0.2, 0) is 16.0 Å². The monoisotopic (exact) mass is 389 g/mol. The van der Waals surface area contributed by atoms with E-state index in [0.717, 1.165) is 23.8 Å². The zero-order valence-electron chi connectivity index (χ0n) is 16.7. The quantitative estimate of drug-likeness (QED) is 0.639. The van der Waals surface area contributed by atoms with Gasteiger partial charge in [-0.3, -0.25) is 4.79 Å². The minimum atomic E-state index is -1.07. The first-order chi connectivity index (χ1) is 13.2. The molecular formula is C21H27NO6. The third-order valence-electron chi connectivity index (χ3n) is 4.42. The van der Waals surface area contributed by atoms with Gasteiger partial charge in [0.25, 0.3) is 5.91 Å². The summed E-state index contributed by atoms with van der Waals surface area (Å²) in [5.74, 6) is -1.05. The number of fused-ring (bicyclic) bond motifs is 1. The summed E-state index contributed by atoms with van der Waals surface area (Å²) in [5, 5.41) is 12.5. The van der Waals surface area contributed by atoms with Crippen LogP contribution in [0, 0.1) is 12.8 Å². The second kappa shape index (κ2) is 9.39. The number of carboxylic acid groups (broad SMARTS) is 1. The summed E-state index contributed by atoms with van der Waals surface area (Å²) in [6.45, 7) is 7.24. The van der Waals surface area contributed by atoms with Crippen molar-refractivity contribution >= 4 is 22.8 Å². The fraction of sp³-hybridized carbons (Fsp3) is 0.476. The Kier molecular flexibility index (Phi) is 7.20. The molecule has 2 rings (SSSR count). The number of nitrogens with one attached hydrogen (secondary N) is 1. The standard InChI is InChI=1S/C21H27NO6/c1-5-6-14-10-19(24)28-20-13(4)17(8-7-15(14)20)27-11-18(23)22-16(21(25)26)9-12(2)3/h7-8,10,12,16H,5-6,9,11H2,1-4H3,(H,22,23)(H,25,26). The molecule has 0 bridgehead atoms. The van der Waals surface area contributed by atoms with E-state index in [4.69, 9.17) is 9.15 Å². The fourth-order valence-corrected chi connectivity index (χ4v) is 3.11. The van der Waals surface area contributed by atoms with Gasteiger partial charge in [-0.25, -0.2) is 9.59 Å². The van der Waals surface area contributed by atoms with Gasteiger partial charge in [0.05, 0.1) is 0 Å². The molecular weight excluding hydrogens is 362 g/mol. The van der Waals surface area contributed by atoms with Crippen molar-refractivity contribution in [2.24, 2.45) is 5.92 Å². The molecule has 7 heteroatoms. The SMILES string of the molecule is CCCc1cc(=O)oc2c(C)c(OCC(=O)NC(CC(C)C)C(=O)O)ccc12. The number of carbonyl (C=O) groups excluding carboxylic acids is 1.